The molecule has 1 aromatic heterocycles. The lowest BCUT2D eigenvalue weighted by Gasteiger charge is -2.20. The molecule has 98 valence electrons. The predicted octanol–water partition coefficient (Wildman–Crippen LogP) is 0.286. The zero-order valence-corrected chi connectivity index (χ0v) is 10.6. The summed E-state index contributed by atoms with van der Waals surface area (Å²) in [6.07, 6.45) is 2.89. The first-order valence-corrected chi connectivity index (χ1v) is 5.52. The van der Waals surface area contributed by atoms with Crippen LogP contribution in [0.5, 0.6) is 0 Å². The Morgan fingerprint density at radius 1 is 1.44 bits per heavy atom. The predicted molar refractivity (Wildman–Crippen MR) is 66.3 cm³/mol. The third kappa shape index (κ3) is 3.41. The monoisotopic (exact) mass is 251 g/mol. The number of amides is 1. The largest absolute Gasteiger partial charge is 0.409 e. The second-order valence-corrected chi connectivity index (χ2v) is 4.26. The van der Waals surface area contributed by atoms with E-state index in [1.807, 2.05) is 13.8 Å². The molecule has 0 bridgehead atoms. The highest BCUT2D eigenvalue weighted by molar-refractivity contribution is 5.96. The van der Waals surface area contributed by atoms with Crippen molar-refractivity contribution in [2.75, 3.05) is 0 Å². The summed E-state index contributed by atoms with van der Waals surface area (Å²) in [5.41, 5.74) is 6.43. The van der Waals surface area contributed by atoms with Crippen LogP contribution in [-0.4, -0.2) is 33.0 Å². The number of nitrogens with two attached hydrogens (primary N) is 1. The highest BCUT2D eigenvalue weighted by atomic mass is 16.4. The zero-order valence-electron chi connectivity index (χ0n) is 10.6. The summed E-state index contributed by atoms with van der Waals surface area (Å²) < 4.78 is 0. The van der Waals surface area contributed by atoms with Crippen LogP contribution in [0, 0.1) is 12.8 Å². The SMILES string of the molecule is Cc1cnc(C(=O)NC(C(N)=NO)C(C)C)cn1. The quantitative estimate of drug-likeness (QED) is 0.308. The first-order valence-electron chi connectivity index (χ1n) is 5.52. The van der Waals surface area contributed by atoms with Crippen LogP contribution in [0.15, 0.2) is 17.5 Å². The molecular formula is C11H17N5O2. The molecule has 1 unspecified atom stereocenters. The number of nitrogens with one attached hydrogen (secondary N) is 1. The average molecular weight is 251 g/mol. The number of hydrogen-bond donors (Lipinski definition) is 3. The van der Waals surface area contributed by atoms with Crippen molar-refractivity contribution in [3.05, 3.63) is 23.8 Å². The molecule has 1 atom stereocenters. The van der Waals surface area contributed by atoms with Gasteiger partial charge in [-0.15, -0.1) is 0 Å². The molecule has 7 nitrogen and oxygen atoms in total. The van der Waals surface area contributed by atoms with Gasteiger partial charge in [0.2, 0.25) is 0 Å². The van der Waals surface area contributed by atoms with E-state index in [2.05, 4.69) is 20.4 Å². The molecule has 1 heterocycles. The maximum absolute atomic E-state index is 11.9. The number of oxime groups is 1. The van der Waals surface area contributed by atoms with Crippen LogP contribution in [0.4, 0.5) is 0 Å². The topological polar surface area (TPSA) is 113 Å². The summed E-state index contributed by atoms with van der Waals surface area (Å²) in [6, 6.07) is -0.550. The number of nitrogens with zero attached hydrogens (tertiary/aromatic N) is 3. The molecular weight excluding hydrogens is 234 g/mol. The number of hydrogen-bond acceptors (Lipinski definition) is 5. The summed E-state index contributed by atoms with van der Waals surface area (Å²) in [7, 11) is 0. The molecule has 0 aliphatic carbocycles. The molecule has 1 rings (SSSR count). The van der Waals surface area contributed by atoms with Crippen molar-refractivity contribution in [3.8, 4) is 0 Å². The van der Waals surface area contributed by atoms with Crippen molar-refractivity contribution in [2.24, 2.45) is 16.8 Å². The molecule has 1 aromatic rings. The molecule has 18 heavy (non-hydrogen) atoms. The minimum Gasteiger partial charge on any atom is -0.409 e. The van der Waals surface area contributed by atoms with E-state index in [-0.39, 0.29) is 17.4 Å². The fraction of sp³-hybridized carbons (Fsp3) is 0.455. The van der Waals surface area contributed by atoms with Gasteiger partial charge in [-0.05, 0) is 12.8 Å². The molecule has 0 aliphatic rings. The van der Waals surface area contributed by atoms with E-state index < -0.39 is 11.9 Å². The molecule has 7 heteroatoms. The van der Waals surface area contributed by atoms with Crippen molar-refractivity contribution in [2.45, 2.75) is 26.8 Å². The van der Waals surface area contributed by atoms with E-state index in [0.717, 1.165) is 5.69 Å². The molecule has 4 N–H and O–H groups in total. The Labute approximate surface area is 105 Å². The lowest BCUT2D eigenvalue weighted by molar-refractivity contribution is 0.0933. The Morgan fingerprint density at radius 3 is 2.56 bits per heavy atom. The number of amidine groups is 1. The maximum Gasteiger partial charge on any atom is 0.272 e. The van der Waals surface area contributed by atoms with E-state index in [4.69, 9.17) is 10.9 Å². The molecule has 0 spiro atoms. The van der Waals surface area contributed by atoms with Crippen LogP contribution in [0.25, 0.3) is 0 Å². The fourth-order valence-electron chi connectivity index (χ4n) is 1.37. The van der Waals surface area contributed by atoms with Gasteiger partial charge >= 0.3 is 0 Å². The minimum atomic E-state index is -0.550. The number of carbonyl (C=O) groups excluding carboxylic acids is 1. The van der Waals surface area contributed by atoms with Gasteiger partial charge in [0.25, 0.3) is 5.91 Å². The van der Waals surface area contributed by atoms with E-state index >= 15 is 0 Å². The van der Waals surface area contributed by atoms with Gasteiger partial charge in [-0.2, -0.15) is 0 Å². The van der Waals surface area contributed by atoms with Crippen molar-refractivity contribution < 1.29 is 10.0 Å². The third-order valence-electron chi connectivity index (χ3n) is 2.40. The lowest BCUT2D eigenvalue weighted by Crippen LogP contribution is -2.48. The first-order chi connectivity index (χ1) is 8.45. The standard InChI is InChI=1S/C11H17N5O2/c1-6(2)9(10(12)16-18)15-11(17)8-5-13-7(3)4-14-8/h4-6,9,18H,1-3H3,(H2,12,16)(H,15,17). The Hall–Kier alpha value is -2.18. The summed E-state index contributed by atoms with van der Waals surface area (Å²) in [6.45, 7) is 5.48. The third-order valence-corrected chi connectivity index (χ3v) is 2.40. The lowest BCUT2D eigenvalue weighted by atomic mass is 10.0. The average Bonchev–Trinajstić information content (AvgIpc) is 2.35. The second kappa shape index (κ2) is 5.95. The van der Waals surface area contributed by atoms with Crippen molar-refractivity contribution in [3.63, 3.8) is 0 Å². The number of rotatable bonds is 4. The Balaban J connectivity index is 2.82. The maximum atomic E-state index is 11.9. The molecule has 0 fully saturated rings. The summed E-state index contributed by atoms with van der Waals surface area (Å²) in [5, 5.41) is 14.2. The van der Waals surface area contributed by atoms with Crippen LogP contribution in [0.3, 0.4) is 0 Å². The van der Waals surface area contributed by atoms with Crippen molar-refractivity contribution >= 4 is 11.7 Å². The van der Waals surface area contributed by atoms with Gasteiger partial charge in [-0.3, -0.25) is 9.78 Å². The normalized spacial score (nSPS) is 13.4. The van der Waals surface area contributed by atoms with E-state index in [9.17, 15) is 4.79 Å². The smallest absolute Gasteiger partial charge is 0.272 e. The van der Waals surface area contributed by atoms with Gasteiger partial charge in [0.15, 0.2) is 5.84 Å². The second-order valence-electron chi connectivity index (χ2n) is 4.26. The van der Waals surface area contributed by atoms with Gasteiger partial charge in [0.05, 0.1) is 17.9 Å². The van der Waals surface area contributed by atoms with Crippen LogP contribution < -0.4 is 11.1 Å². The van der Waals surface area contributed by atoms with Gasteiger partial charge in [-0.1, -0.05) is 19.0 Å². The van der Waals surface area contributed by atoms with Gasteiger partial charge < -0.3 is 16.3 Å². The van der Waals surface area contributed by atoms with Crippen molar-refractivity contribution in [1.82, 2.24) is 15.3 Å². The molecule has 0 saturated heterocycles. The van der Waals surface area contributed by atoms with E-state index in [1.165, 1.54) is 12.4 Å². The fourth-order valence-corrected chi connectivity index (χ4v) is 1.37. The van der Waals surface area contributed by atoms with Gasteiger partial charge in [0.1, 0.15) is 5.69 Å². The highest BCUT2D eigenvalue weighted by Crippen LogP contribution is 2.03. The van der Waals surface area contributed by atoms with E-state index in [1.54, 1.807) is 6.92 Å². The zero-order chi connectivity index (χ0) is 13.7. The number of aromatic nitrogens is 2. The summed E-state index contributed by atoms with van der Waals surface area (Å²) >= 11 is 0. The van der Waals surface area contributed by atoms with Gasteiger partial charge in [0, 0.05) is 6.20 Å². The first kappa shape index (κ1) is 13.9. The molecule has 1 amide bonds. The van der Waals surface area contributed by atoms with Crippen molar-refractivity contribution in [1.29, 1.82) is 0 Å². The molecule has 0 aromatic carbocycles. The number of aryl methyl sites for hydroxylation is 1. The molecule has 0 radical (unpaired) electrons. The Bertz CT molecular complexity index is 441. The van der Waals surface area contributed by atoms with Crippen LogP contribution in [0.1, 0.15) is 30.0 Å². The minimum absolute atomic E-state index is 0.0109. The molecule has 0 aliphatic heterocycles. The molecule has 0 saturated carbocycles. The van der Waals surface area contributed by atoms with Crippen LogP contribution >= 0.6 is 0 Å². The summed E-state index contributed by atoms with van der Waals surface area (Å²) in [4.78, 5) is 19.8. The van der Waals surface area contributed by atoms with Gasteiger partial charge in [-0.25, -0.2) is 4.98 Å². The highest BCUT2D eigenvalue weighted by Gasteiger charge is 2.21. The Kier molecular flexibility index (Phi) is 4.59. The van der Waals surface area contributed by atoms with E-state index in [0.29, 0.717) is 0 Å². The van der Waals surface area contributed by atoms with Crippen LogP contribution in [0.2, 0.25) is 0 Å². The van der Waals surface area contributed by atoms with Crippen LogP contribution in [-0.2, 0) is 0 Å². The Morgan fingerprint density at radius 2 is 2.11 bits per heavy atom. The number of carbonyl (C=O) groups is 1. The summed E-state index contributed by atoms with van der Waals surface area (Å²) in [5.74, 6) is -0.463.